The van der Waals surface area contributed by atoms with E-state index in [0.717, 1.165) is 10.1 Å². The molecule has 92 valence electrons. The number of nitro groups is 1. The molecule has 2 aromatic rings. The highest BCUT2D eigenvalue weighted by Crippen LogP contribution is 2.28. The highest BCUT2D eigenvalue weighted by atomic mass is 16.6. The maximum Gasteiger partial charge on any atom is 0.424 e. The number of benzene rings is 1. The van der Waals surface area contributed by atoms with Crippen LogP contribution >= 0.6 is 0 Å². The van der Waals surface area contributed by atoms with Crippen molar-refractivity contribution >= 4 is 11.8 Å². The van der Waals surface area contributed by atoms with Crippen LogP contribution in [0.5, 0.6) is 5.75 Å². The number of carbonyl (C=O) groups excluding carboxylic acids is 1. The Morgan fingerprint density at radius 2 is 2.28 bits per heavy atom. The van der Waals surface area contributed by atoms with Crippen LogP contribution in [0.4, 0.5) is 10.5 Å². The summed E-state index contributed by atoms with van der Waals surface area (Å²) >= 11 is 0. The molecule has 0 aliphatic heterocycles. The fourth-order valence-corrected chi connectivity index (χ4v) is 1.37. The van der Waals surface area contributed by atoms with Gasteiger partial charge in [0.25, 0.3) is 0 Å². The molecule has 7 heteroatoms. The van der Waals surface area contributed by atoms with E-state index in [1.165, 1.54) is 30.9 Å². The predicted octanol–water partition coefficient (Wildman–Crippen LogP) is 2.15. The normalized spacial score (nSPS) is 10.1. The molecule has 0 radical (unpaired) electrons. The summed E-state index contributed by atoms with van der Waals surface area (Å²) in [7, 11) is 0. The minimum Gasteiger partial charge on any atom is -0.402 e. The van der Waals surface area contributed by atoms with Crippen LogP contribution in [0.2, 0.25) is 0 Å². The second kappa shape index (κ2) is 4.66. The molecule has 1 aromatic carbocycles. The lowest BCUT2D eigenvalue weighted by Gasteiger charge is -2.05. The maximum atomic E-state index is 11.6. The number of rotatable bonds is 2. The van der Waals surface area contributed by atoms with Gasteiger partial charge in [-0.1, -0.05) is 6.07 Å². The molecule has 0 aliphatic carbocycles. The van der Waals surface area contributed by atoms with Crippen LogP contribution < -0.4 is 4.74 Å². The van der Waals surface area contributed by atoms with E-state index in [1.807, 2.05) is 0 Å². The second-order valence-electron chi connectivity index (χ2n) is 3.57. The standard InChI is InChI=1S/C11H9N3O4/c1-8-2-3-9(14(16)17)10(6-8)18-11(15)13-5-4-12-7-13/h2-7H,1H3. The molecule has 0 spiro atoms. The smallest absolute Gasteiger partial charge is 0.402 e. The van der Waals surface area contributed by atoms with Crippen molar-refractivity contribution in [3.05, 3.63) is 52.6 Å². The van der Waals surface area contributed by atoms with Crippen molar-refractivity contribution in [2.45, 2.75) is 6.92 Å². The van der Waals surface area contributed by atoms with Gasteiger partial charge in [0.15, 0.2) is 0 Å². The second-order valence-corrected chi connectivity index (χ2v) is 3.57. The topological polar surface area (TPSA) is 87.3 Å². The molecule has 0 atom stereocenters. The molecule has 0 bridgehead atoms. The Bertz CT molecular complexity index is 592. The lowest BCUT2D eigenvalue weighted by atomic mass is 10.2. The number of imidazole rings is 1. The molecule has 1 aromatic heterocycles. The Kier molecular flexibility index (Phi) is 3.05. The largest absolute Gasteiger partial charge is 0.424 e. The van der Waals surface area contributed by atoms with Gasteiger partial charge in [-0.05, 0) is 18.6 Å². The van der Waals surface area contributed by atoms with Crippen molar-refractivity contribution in [3.8, 4) is 5.75 Å². The van der Waals surface area contributed by atoms with Crippen LogP contribution in [0.1, 0.15) is 5.56 Å². The number of hydrogen-bond donors (Lipinski definition) is 0. The highest BCUT2D eigenvalue weighted by Gasteiger charge is 2.18. The van der Waals surface area contributed by atoms with E-state index < -0.39 is 11.0 Å². The van der Waals surface area contributed by atoms with Gasteiger partial charge in [-0.15, -0.1) is 0 Å². The van der Waals surface area contributed by atoms with Crippen LogP contribution in [0, 0.1) is 17.0 Å². The van der Waals surface area contributed by atoms with Crippen molar-refractivity contribution in [2.24, 2.45) is 0 Å². The number of nitrogens with zero attached hydrogens (tertiary/aromatic N) is 3. The summed E-state index contributed by atoms with van der Waals surface area (Å²) < 4.78 is 6.06. The molecule has 0 unspecified atom stereocenters. The van der Waals surface area contributed by atoms with Gasteiger partial charge >= 0.3 is 11.8 Å². The maximum absolute atomic E-state index is 11.6. The molecular weight excluding hydrogens is 238 g/mol. The van der Waals surface area contributed by atoms with Crippen LogP contribution in [0.15, 0.2) is 36.9 Å². The Labute approximate surface area is 102 Å². The van der Waals surface area contributed by atoms with Gasteiger partial charge in [0.2, 0.25) is 5.75 Å². The summed E-state index contributed by atoms with van der Waals surface area (Å²) in [5, 5.41) is 10.8. The molecule has 7 nitrogen and oxygen atoms in total. The first-order chi connectivity index (χ1) is 8.58. The van der Waals surface area contributed by atoms with Crippen LogP contribution in [0.3, 0.4) is 0 Å². The summed E-state index contributed by atoms with van der Waals surface area (Å²) in [6, 6.07) is 4.31. The average Bonchev–Trinajstić information content (AvgIpc) is 2.81. The van der Waals surface area contributed by atoms with Crippen molar-refractivity contribution < 1.29 is 14.5 Å². The Morgan fingerprint density at radius 1 is 1.50 bits per heavy atom. The van der Waals surface area contributed by atoms with E-state index in [4.69, 9.17) is 4.74 Å². The monoisotopic (exact) mass is 247 g/mol. The van der Waals surface area contributed by atoms with Gasteiger partial charge < -0.3 is 4.74 Å². The van der Waals surface area contributed by atoms with Crippen molar-refractivity contribution in [1.29, 1.82) is 0 Å². The molecule has 0 fully saturated rings. The summed E-state index contributed by atoms with van der Waals surface area (Å²) in [6.45, 7) is 1.75. The van der Waals surface area contributed by atoms with Gasteiger partial charge in [0.1, 0.15) is 6.33 Å². The molecule has 0 saturated carbocycles. The highest BCUT2D eigenvalue weighted by molar-refractivity contribution is 5.74. The minimum atomic E-state index is -0.749. The summed E-state index contributed by atoms with van der Waals surface area (Å²) in [6.07, 6.45) is 3.31. The van der Waals surface area contributed by atoms with Crippen molar-refractivity contribution in [2.75, 3.05) is 0 Å². The first-order valence-corrected chi connectivity index (χ1v) is 5.03. The average molecular weight is 247 g/mol. The van der Waals surface area contributed by atoms with Crippen LogP contribution in [-0.4, -0.2) is 20.6 Å². The number of nitro benzene ring substituents is 1. The zero-order valence-corrected chi connectivity index (χ0v) is 9.44. The van der Waals surface area contributed by atoms with E-state index in [1.54, 1.807) is 13.0 Å². The van der Waals surface area contributed by atoms with E-state index in [0.29, 0.717) is 0 Å². The first-order valence-electron chi connectivity index (χ1n) is 5.03. The zero-order chi connectivity index (χ0) is 13.1. The Morgan fingerprint density at radius 3 is 2.89 bits per heavy atom. The first kappa shape index (κ1) is 11.8. The zero-order valence-electron chi connectivity index (χ0n) is 9.44. The number of carbonyl (C=O) groups is 1. The third kappa shape index (κ3) is 2.34. The summed E-state index contributed by atoms with van der Waals surface area (Å²) in [4.78, 5) is 25.5. The SMILES string of the molecule is Cc1ccc([N+](=O)[O-])c(OC(=O)n2ccnc2)c1. The van der Waals surface area contributed by atoms with E-state index in [2.05, 4.69) is 4.98 Å². The van der Waals surface area contributed by atoms with Crippen LogP contribution in [-0.2, 0) is 0 Å². The van der Waals surface area contributed by atoms with Gasteiger partial charge in [-0.3, -0.25) is 10.1 Å². The fourth-order valence-electron chi connectivity index (χ4n) is 1.37. The van der Waals surface area contributed by atoms with Gasteiger partial charge in [-0.25, -0.2) is 14.3 Å². The molecule has 0 saturated heterocycles. The Balaban J connectivity index is 2.31. The van der Waals surface area contributed by atoms with E-state index >= 15 is 0 Å². The Hall–Kier alpha value is -2.70. The minimum absolute atomic E-state index is 0.0845. The van der Waals surface area contributed by atoms with Crippen LogP contribution in [0.25, 0.3) is 0 Å². The number of aromatic nitrogens is 2. The summed E-state index contributed by atoms with van der Waals surface area (Å²) in [5.74, 6) is -0.0845. The molecule has 18 heavy (non-hydrogen) atoms. The quantitative estimate of drug-likeness (QED) is 0.599. The fraction of sp³-hybridized carbons (Fsp3) is 0.0909. The van der Waals surface area contributed by atoms with E-state index in [9.17, 15) is 14.9 Å². The third-order valence-electron chi connectivity index (χ3n) is 2.22. The third-order valence-corrected chi connectivity index (χ3v) is 2.22. The number of hydrogen-bond acceptors (Lipinski definition) is 5. The van der Waals surface area contributed by atoms with Gasteiger partial charge in [0.05, 0.1) is 4.92 Å². The molecule has 0 aliphatic rings. The van der Waals surface area contributed by atoms with Gasteiger partial charge in [-0.2, -0.15) is 0 Å². The summed E-state index contributed by atoms with van der Waals surface area (Å²) in [5.41, 5.74) is 0.503. The molecule has 2 rings (SSSR count). The number of aryl methyl sites for hydroxylation is 1. The lowest BCUT2D eigenvalue weighted by molar-refractivity contribution is -0.385. The number of ether oxygens (including phenoxy) is 1. The van der Waals surface area contributed by atoms with Crippen molar-refractivity contribution in [3.63, 3.8) is 0 Å². The predicted molar refractivity (Wildman–Crippen MR) is 61.5 cm³/mol. The van der Waals surface area contributed by atoms with Crippen molar-refractivity contribution in [1.82, 2.24) is 9.55 Å². The molecule has 0 amide bonds. The molecule has 0 N–H and O–H groups in total. The lowest BCUT2D eigenvalue weighted by Crippen LogP contribution is -2.15. The van der Waals surface area contributed by atoms with E-state index in [-0.39, 0.29) is 11.4 Å². The van der Waals surface area contributed by atoms with Gasteiger partial charge in [0, 0.05) is 18.5 Å². The molecule has 1 heterocycles. The molecular formula is C11H9N3O4.